The molecule has 0 aliphatic carbocycles. The van der Waals surface area contributed by atoms with Gasteiger partial charge in [0.25, 0.3) is 0 Å². The number of benzene rings is 1. The highest BCUT2D eigenvalue weighted by Crippen LogP contribution is 2.21. The first-order valence-corrected chi connectivity index (χ1v) is 6.11. The molecule has 0 saturated carbocycles. The van der Waals surface area contributed by atoms with Crippen LogP contribution in [-0.2, 0) is 9.53 Å². The van der Waals surface area contributed by atoms with Crippen molar-refractivity contribution in [2.24, 2.45) is 5.73 Å². The van der Waals surface area contributed by atoms with Crippen LogP contribution in [0.2, 0.25) is 0 Å². The molecule has 1 atom stereocenters. The van der Waals surface area contributed by atoms with Crippen LogP contribution in [0.15, 0.2) is 18.2 Å². The van der Waals surface area contributed by atoms with Crippen LogP contribution in [0.3, 0.4) is 0 Å². The third-order valence-corrected chi connectivity index (χ3v) is 2.44. The number of hydrogen-bond acceptors (Lipinski definition) is 3. The Morgan fingerprint density at radius 1 is 1.37 bits per heavy atom. The van der Waals surface area contributed by atoms with Crippen molar-refractivity contribution in [1.82, 2.24) is 0 Å². The van der Waals surface area contributed by atoms with Crippen LogP contribution >= 0.6 is 0 Å². The Morgan fingerprint density at radius 3 is 2.53 bits per heavy atom. The Balaban J connectivity index is 2.56. The van der Waals surface area contributed by atoms with Crippen LogP contribution in [0.25, 0.3) is 0 Å². The third-order valence-electron chi connectivity index (χ3n) is 2.44. The maximum absolute atomic E-state index is 13.5. The first-order chi connectivity index (χ1) is 8.69. The van der Waals surface area contributed by atoms with Gasteiger partial charge < -0.3 is 10.5 Å². The second-order valence-electron chi connectivity index (χ2n) is 5.40. The standard InChI is InChI=1S/C14H19F2NO2/c1-14(2,3)19-13(18)7-6-12(17)10-5-4-9(15)8-11(10)16/h4-5,8,12H,6-7,17H2,1-3H3. The molecule has 0 amide bonds. The Labute approximate surface area is 111 Å². The molecular weight excluding hydrogens is 252 g/mol. The molecule has 0 aliphatic rings. The molecule has 19 heavy (non-hydrogen) atoms. The van der Waals surface area contributed by atoms with Crippen molar-refractivity contribution in [3.05, 3.63) is 35.4 Å². The van der Waals surface area contributed by atoms with Crippen LogP contribution < -0.4 is 5.73 Å². The van der Waals surface area contributed by atoms with E-state index < -0.39 is 23.3 Å². The molecule has 0 aromatic heterocycles. The van der Waals surface area contributed by atoms with Gasteiger partial charge >= 0.3 is 5.97 Å². The molecule has 0 spiro atoms. The zero-order valence-corrected chi connectivity index (χ0v) is 11.4. The van der Waals surface area contributed by atoms with Gasteiger partial charge in [-0.05, 0) is 33.3 Å². The van der Waals surface area contributed by atoms with Crippen molar-refractivity contribution in [3.8, 4) is 0 Å². The Bertz CT molecular complexity index is 455. The second kappa shape index (κ2) is 6.10. The summed E-state index contributed by atoms with van der Waals surface area (Å²) in [6, 6.07) is 2.56. The number of rotatable bonds is 4. The molecule has 0 aliphatic heterocycles. The molecule has 1 rings (SSSR count). The predicted molar refractivity (Wildman–Crippen MR) is 68.4 cm³/mol. The predicted octanol–water partition coefficient (Wildman–Crippen LogP) is 3.09. The van der Waals surface area contributed by atoms with Gasteiger partial charge in [-0.25, -0.2) is 8.78 Å². The Morgan fingerprint density at radius 2 is 2.00 bits per heavy atom. The van der Waals surface area contributed by atoms with Crippen LogP contribution in [-0.4, -0.2) is 11.6 Å². The normalized spacial score (nSPS) is 13.2. The molecular formula is C14H19F2NO2. The Hall–Kier alpha value is -1.49. The summed E-state index contributed by atoms with van der Waals surface area (Å²) >= 11 is 0. The molecule has 0 heterocycles. The van der Waals surface area contributed by atoms with Gasteiger partial charge in [0.05, 0.1) is 0 Å². The van der Waals surface area contributed by atoms with Crippen LogP contribution in [0.1, 0.15) is 45.2 Å². The number of carbonyl (C=O) groups is 1. The van der Waals surface area contributed by atoms with Crippen LogP contribution in [0.4, 0.5) is 8.78 Å². The van der Waals surface area contributed by atoms with E-state index in [1.165, 1.54) is 6.07 Å². The molecule has 1 unspecified atom stereocenters. The highest BCUT2D eigenvalue weighted by molar-refractivity contribution is 5.69. The SMILES string of the molecule is CC(C)(C)OC(=O)CCC(N)c1ccc(F)cc1F. The van der Waals surface area contributed by atoms with E-state index in [0.717, 1.165) is 12.1 Å². The summed E-state index contributed by atoms with van der Waals surface area (Å²) in [6.07, 6.45) is 0.340. The lowest BCUT2D eigenvalue weighted by atomic mass is 10.0. The topological polar surface area (TPSA) is 52.3 Å². The molecule has 2 N–H and O–H groups in total. The Kier molecular flexibility index (Phi) is 5.00. The van der Waals surface area contributed by atoms with Gasteiger partial charge in [0.2, 0.25) is 0 Å². The maximum atomic E-state index is 13.5. The molecule has 3 nitrogen and oxygen atoms in total. The zero-order chi connectivity index (χ0) is 14.6. The minimum absolute atomic E-state index is 0.0925. The van der Waals surface area contributed by atoms with Gasteiger partial charge in [-0.1, -0.05) is 6.07 Å². The molecule has 0 fully saturated rings. The average Bonchev–Trinajstić information content (AvgIpc) is 2.23. The molecule has 0 bridgehead atoms. The molecule has 5 heteroatoms. The summed E-state index contributed by atoms with van der Waals surface area (Å²) in [4.78, 5) is 11.5. The average molecular weight is 271 g/mol. The second-order valence-corrected chi connectivity index (χ2v) is 5.40. The first-order valence-electron chi connectivity index (χ1n) is 6.11. The molecule has 1 aromatic rings. The monoisotopic (exact) mass is 271 g/mol. The lowest BCUT2D eigenvalue weighted by Crippen LogP contribution is -2.24. The van der Waals surface area contributed by atoms with Gasteiger partial charge in [-0.3, -0.25) is 4.79 Å². The number of esters is 1. The fourth-order valence-corrected chi connectivity index (χ4v) is 1.62. The number of ether oxygens (including phenoxy) is 1. The zero-order valence-electron chi connectivity index (χ0n) is 11.4. The van der Waals surface area contributed by atoms with Crippen molar-refractivity contribution in [2.75, 3.05) is 0 Å². The minimum atomic E-state index is -0.698. The summed E-state index contributed by atoms with van der Waals surface area (Å²) in [5.41, 5.74) is 5.43. The molecule has 0 saturated heterocycles. The van der Waals surface area contributed by atoms with Gasteiger partial charge in [0.15, 0.2) is 0 Å². The van der Waals surface area contributed by atoms with Crippen molar-refractivity contribution in [1.29, 1.82) is 0 Å². The molecule has 1 aromatic carbocycles. The van der Waals surface area contributed by atoms with Crippen LogP contribution in [0.5, 0.6) is 0 Å². The number of halogens is 2. The van der Waals surface area contributed by atoms with Gasteiger partial charge in [-0.15, -0.1) is 0 Å². The van der Waals surface area contributed by atoms with Crippen molar-refractivity contribution in [2.45, 2.75) is 45.3 Å². The van der Waals surface area contributed by atoms with E-state index in [-0.39, 0.29) is 24.4 Å². The number of carbonyl (C=O) groups excluding carboxylic acids is 1. The summed E-state index contributed by atoms with van der Waals surface area (Å²) in [5.74, 6) is -1.73. The van der Waals surface area contributed by atoms with Gasteiger partial charge in [-0.2, -0.15) is 0 Å². The van der Waals surface area contributed by atoms with Crippen molar-refractivity contribution >= 4 is 5.97 Å². The lowest BCUT2D eigenvalue weighted by Gasteiger charge is -2.20. The summed E-state index contributed by atoms with van der Waals surface area (Å²) in [5, 5.41) is 0. The maximum Gasteiger partial charge on any atom is 0.306 e. The van der Waals surface area contributed by atoms with Gasteiger partial charge in [0.1, 0.15) is 17.2 Å². The highest BCUT2D eigenvalue weighted by Gasteiger charge is 2.18. The highest BCUT2D eigenvalue weighted by atomic mass is 19.1. The molecule has 0 radical (unpaired) electrons. The first kappa shape index (κ1) is 15.6. The minimum Gasteiger partial charge on any atom is -0.460 e. The van der Waals surface area contributed by atoms with E-state index in [1.54, 1.807) is 20.8 Å². The van der Waals surface area contributed by atoms with E-state index in [0.29, 0.717) is 0 Å². The summed E-state index contributed by atoms with van der Waals surface area (Å²) in [7, 11) is 0. The fourth-order valence-electron chi connectivity index (χ4n) is 1.62. The summed E-state index contributed by atoms with van der Waals surface area (Å²) in [6.45, 7) is 5.30. The van der Waals surface area contributed by atoms with E-state index >= 15 is 0 Å². The molecule has 106 valence electrons. The van der Waals surface area contributed by atoms with E-state index in [9.17, 15) is 13.6 Å². The third kappa shape index (κ3) is 5.34. The number of hydrogen-bond donors (Lipinski definition) is 1. The quantitative estimate of drug-likeness (QED) is 0.856. The lowest BCUT2D eigenvalue weighted by molar-refractivity contribution is -0.155. The van der Waals surface area contributed by atoms with E-state index in [4.69, 9.17) is 10.5 Å². The van der Waals surface area contributed by atoms with Crippen LogP contribution in [0, 0.1) is 11.6 Å². The van der Waals surface area contributed by atoms with E-state index in [2.05, 4.69) is 0 Å². The van der Waals surface area contributed by atoms with E-state index in [1.807, 2.05) is 0 Å². The smallest absolute Gasteiger partial charge is 0.306 e. The van der Waals surface area contributed by atoms with Gasteiger partial charge in [0, 0.05) is 24.1 Å². The summed E-state index contributed by atoms with van der Waals surface area (Å²) < 4.78 is 31.3. The largest absolute Gasteiger partial charge is 0.460 e. The van der Waals surface area contributed by atoms with Crippen molar-refractivity contribution < 1.29 is 18.3 Å². The fraction of sp³-hybridized carbons (Fsp3) is 0.500. The van der Waals surface area contributed by atoms with Crippen molar-refractivity contribution in [3.63, 3.8) is 0 Å². The number of nitrogens with two attached hydrogens (primary N) is 1.